The smallest absolute Gasteiger partial charge is 0.333 e. The second kappa shape index (κ2) is 7.91. The first-order valence-electron chi connectivity index (χ1n) is 5.99. The molecule has 6 heteroatoms. The summed E-state index contributed by atoms with van der Waals surface area (Å²) in [5, 5.41) is 18.3. The van der Waals surface area contributed by atoms with E-state index in [2.05, 4.69) is 6.58 Å². The quantitative estimate of drug-likeness (QED) is 0.492. The largest absolute Gasteiger partial charge is 0.462 e. The first kappa shape index (κ1) is 17.6. The van der Waals surface area contributed by atoms with E-state index in [-0.39, 0.29) is 31.8 Å². The zero-order valence-electron chi connectivity index (χ0n) is 11.6. The van der Waals surface area contributed by atoms with Crippen molar-refractivity contribution in [2.45, 2.75) is 33.3 Å². The Morgan fingerprint density at radius 1 is 1.26 bits per heavy atom. The number of aliphatic hydroxyl groups excluding tert-OH is 2. The predicted molar refractivity (Wildman–Crippen MR) is 68.2 cm³/mol. The van der Waals surface area contributed by atoms with Gasteiger partial charge in [0.15, 0.2) is 0 Å². The van der Waals surface area contributed by atoms with E-state index >= 15 is 0 Å². The van der Waals surface area contributed by atoms with Crippen LogP contribution in [0.25, 0.3) is 0 Å². The van der Waals surface area contributed by atoms with Crippen LogP contribution < -0.4 is 0 Å². The van der Waals surface area contributed by atoms with Crippen molar-refractivity contribution in [1.82, 2.24) is 0 Å². The topological polar surface area (TPSA) is 93.1 Å². The summed E-state index contributed by atoms with van der Waals surface area (Å²) < 4.78 is 9.61. The molecule has 2 N–H and O–H groups in total. The highest BCUT2D eigenvalue weighted by Gasteiger charge is 2.29. The molecule has 0 fully saturated rings. The number of aliphatic hydroxyl groups is 2. The van der Waals surface area contributed by atoms with Crippen molar-refractivity contribution in [3.63, 3.8) is 0 Å². The fourth-order valence-corrected chi connectivity index (χ4v) is 1.09. The van der Waals surface area contributed by atoms with Crippen molar-refractivity contribution in [3.8, 4) is 0 Å². The van der Waals surface area contributed by atoms with Crippen molar-refractivity contribution in [2.75, 3.05) is 19.8 Å². The maximum absolute atomic E-state index is 11.6. The van der Waals surface area contributed by atoms with Crippen molar-refractivity contribution >= 4 is 11.9 Å². The van der Waals surface area contributed by atoms with Crippen LogP contribution in [0.2, 0.25) is 0 Å². The predicted octanol–water partition coefficient (Wildman–Crippen LogP) is 0.418. The molecule has 0 heterocycles. The average molecular weight is 274 g/mol. The van der Waals surface area contributed by atoms with Gasteiger partial charge in [-0.05, 0) is 27.2 Å². The average Bonchev–Trinajstić information content (AvgIpc) is 2.32. The van der Waals surface area contributed by atoms with E-state index in [0.717, 1.165) is 0 Å². The Balaban J connectivity index is 4.03. The Bertz CT molecular complexity index is 334. The SMILES string of the molecule is C=C(C)C(=O)OCC(O)COC(=O)C(C)(C)CCO. The molecule has 0 saturated carbocycles. The lowest BCUT2D eigenvalue weighted by Gasteiger charge is -2.22. The van der Waals surface area contributed by atoms with Crippen LogP contribution in [-0.4, -0.2) is 48.1 Å². The minimum Gasteiger partial charge on any atom is -0.462 e. The van der Waals surface area contributed by atoms with Gasteiger partial charge in [0.25, 0.3) is 0 Å². The van der Waals surface area contributed by atoms with E-state index in [9.17, 15) is 14.7 Å². The van der Waals surface area contributed by atoms with E-state index in [1.54, 1.807) is 13.8 Å². The van der Waals surface area contributed by atoms with Crippen molar-refractivity contribution in [2.24, 2.45) is 5.41 Å². The molecule has 0 spiro atoms. The number of rotatable bonds is 8. The Kier molecular flexibility index (Phi) is 7.33. The van der Waals surface area contributed by atoms with Crippen LogP contribution >= 0.6 is 0 Å². The maximum Gasteiger partial charge on any atom is 0.333 e. The molecule has 0 radical (unpaired) electrons. The first-order chi connectivity index (χ1) is 8.70. The van der Waals surface area contributed by atoms with Crippen molar-refractivity contribution in [1.29, 1.82) is 0 Å². The van der Waals surface area contributed by atoms with Gasteiger partial charge in [-0.15, -0.1) is 0 Å². The molecule has 110 valence electrons. The Labute approximate surface area is 113 Å². The highest BCUT2D eigenvalue weighted by atomic mass is 16.6. The number of ether oxygens (including phenoxy) is 2. The Hall–Kier alpha value is -1.40. The summed E-state index contributed by atoms with van der Waals surface area (Å²) >= 11 is 0. The molecular weight excluding hydrogens is 252 g/mol. The highest BCUT2D eigenvalue weighted by Crippen LogP contribution is 2.21. The van der Waals surface area contributed by atoms with E-state index < -0.39 is 23.5 Å². The van der Waals surface area contributed by atoms with E-state index in [4.69, 9.17) is 14.6 Å². The lowest BCUT2D eigenvalue weighted by atomic mass is 9.90. The van der Waals surface area contributed by atoms with Gasteiger partial charge in [-0.3, -0.25) is 4.79 Å². The van der Waals surface area contributed by atoms with E-state index in [1.807, 2.05) is 0 Å². The van der Waals surface area contributed by atoms with Crippen LogP contribution in [0.15, 0.2) is 12.2 Å². The van der Waals surface area contributed by atoms with Crippen LogP contribution in [0.5, 0.6) is 0 Å². The van der Waals surface area contributed by atoms with Crippen LogP contribution in [0.4, 0.5) is 0 Å². The lowest BCUT2D eigenvalue weighted by molar-refractivity contribution is -0.159. The lowest BCUT2D eigenvalue weighted by Crippen LogP contribution is -2.32. The third-order valence-corrected chi connectivity index (χ3v) is 2.45. The van der Waals surface area contributed by atoms with Crippen LogP contribution in [0.1, 0.15) is 27.2 Å². The first-order valence-corrected chi connectivity index (χ1v) is 5.99. The van der Waals surface area contributed by atoms with Gasteiger partial charge in [0.2, 0.25) is 0 Å². The van der Waals surface area contributed by atoms with Gasteiger partial charge in [0.1, 0.15) is 19.3 Å². The van der Waals surface area contributed by atoms with Gasteiger partial charge in [0, 0.05) is 12.2 Å². The second-order valence-corrected chi connectivity index (χ2v) is 4.99. The summed E-state index contributed by atoms with van der Waals surface area (Å²) in [6, 6.07) is 0. The normalized spacial score (nSPS) is 12.7. The third-order valence-electron chi connectivity index (χ3n) is 2.45. The summed E-state index contributed by atoms with van der Waals surface area (Å²) in [5.74, 6) is -1.13. The molecule has 0 aromatic heterocycles. The molecule has 1 unspecified atom stereocenters. The van der Waals surface area contributed by atoms with E-state index in [0.29, 0.717) is 0 Å². The standard InChI is InChI=1S/C13H22O6/c1-9(2)11(16)18-7-10(15)8-19-12(17)13(3,4)5-6-14/h10,14-15H,1,5-8H2,2-4H3. The number of carbonyl (C=O) groups excluding carboxylic acids is 2. The molecular formula is C13H22O6. The van der Waals surface area contributed by atoms with Crippen LogP contribution in [-0.2, 0) is 19.1 Å². The molecule has 0 saturated heterocycles. The minimum absolute atomic E-state index is 0.124. The van der Waals surface area contributed by atoms with Gasteiger partial charge in [-0.2, -0.15) is 0 Å². The zero-order valence-corrected chi connectivity index (χ0v) is 11.6. The summed E-state index contributed by atoms with van der Waals surface area (Å²) in [6.07, 6.45) is -0.816. The minimum atomic E-state index is -1.09. The number of esters is 2. The molecule has 6 nitrogen and oxygen atoms in total. The molecule has 0 aliphatic heterocycles. The molecule has 0 bridgehead atoms. The fourth-order valence-electron chi connectivity index (χ4n) is 1.09. The molecule has 0 aromatic rings. The van der Waals surface area contributed by atoms with Crippen molar-refractivity contribution < 1.29 is 29.3 Å². The Morgan fingerprint density at radius 2 is 1.79 bits per heavy atom. The molecule has 0 rings (SSSR count). The molecule has 0 aliphatic rings. The molecule has 1 atom stereocenters. The van der Waals surface area contributed by atoms with Gasteiger partial charge < -0.3 is 19.7 Å². The van der Waals surface area contributed by atoms with Crippen LogP contribution in [0.3, 0.4) is 0 Å². The van der Waals surface area contributed by atoms with Crippen molar-refractivity contribution in [3.05, 3.63) is 12.2 Å². The molecule has 0 amide bonds. The summed E-state index contributed by atoms with van der Waals surface area (Å²) in [6.45, 7) is 7.51. The van der Waals surface area contributed by atoms with Crippen LogP contribution in [0, 0.1) is 5.41 Å². The monoisotopic (exact) mass is 274 g/mol. The number of carbonyl (C=O) groups is 2. The summed E-state index contributed by atoms with van der Waals surface area (Å²) in [5.41, 5.74) is -0.587. The zero-order chi connectivity index (χ0) is 15.1. The number of hydrogen-bond donors (Lipinski definition) is 2. The summed E-state index contributed by atoms with van der Waals surface area (Å²) in [7, 11) is 0. The van der Waals surface area contributed by atoms with E-state index in [1.165, 1.54) is 6.92 Å². The third kappa shape index (κ3) is 6.93. The molecule has 0 aromatic carbocycles. The fraction of sp³-hybridized carbons (Fsp3) is 0.692. The summed E-state index contributed by atoms with van der Waals surface area (Å²) in [4.78, 5) is 22.7. The van der Waals surface area contributed by atoms with Gasteiger partial charge in [-0.25, -0.2) is 4.79 Å². The van der Waals surface area contributed by atoms with Gasteiger partial charge in [-0.1, -0.05) is 6.58 Å². The second-order valence-electron chi connectivity index (χ2n) is 4.99. The Morgan fingerprint density at radius 3 is 2.26 bits per heavy atom. The van der Waals surface area contributed by atoms with Gasteiger partial charge >= 0.3 is 11.9 Å². The molecule has 0 aliphatic carbocycles. The molecule has 19 heavy (non-hydrogen) atoms. The maximum atomic E-state index is 11.6. The highest BCUT2D eigenvalue weighted by molar-refractivity contribution is 5.86. The number of hydrogen-bond acceptors (Lipinski definition) is 6. The van der Waals surface area contributed by atoms with Gasteiger partial charge in [0.05, 0.1) is 5.41 Å².